The zero-order chi connectivity index (χ0) is 22.5. The van der Waals surface area contributed by atoms with Crippen molar-refractivity contribution in [1.82, 2.24) is 4.72 Å². The summed E-state index contributed by atoms with van der Waals surface area (Å²) in [7, 11) is -3.96. The number of nitrogens with one attached hydrogen (secondary N) is 1. The standard InChI is InChI=1S/C21H23Cl2NO5S/c1-4-14-5-7-15(8-6-14)19(25)12-29-21(26)16-9-20(18(23)10-17(16)22)30(27,28)24-11-13(2)3/h5-10,13,24H,4,11-12H2,1-3H3. The lowest BCUT2D eigenvalue weighted by Crippen LogP contribution is -2.28. The molecule has 162 valence electrons. The van der Waals surface area contributed by atoms with Crippen LogP contribution in [0.3, 0.4) is 0 Å². The van der Waals surface area contributed by atoms with Crippen LogP contribution in [0.25, 0.3) is 0 Å². The van der Waals surface area contributed by atoms with Crippen LogP contribution in [-0.4, -0.2) is 33.3 Å². The molecule has 0 saturated carbocycles. The van der Waals surface area contributed by atoms with Crippen LogP contribution in [0.15, 0.2) is 41.3 Å². The average molecular weight is 472 g/mol. The molecule has 0 aliphatic carbocycles. The summed E-state index contributed by atoms with van der Waals surface area (Å²) in [5.41, 5.74) is 1.29. The highest BCUT2D eigenvalue weighted by molar-refractivity contribution is 7.89. The predicted molar refractivity (Wildman–Crippen MR) is 117 cm³/mol. The molecule has 0 atom stereocenters. The van der Waals surface area contributed by atoms with Crippen molar-refractivity contribution in [3.05, 3.63) is 63.1 Å². The van der Waals surface area contributed by atoms with Crippen molar-refractivity contribution in [2.75, 3.05) is 13.2 Å². The van der Waals surface area contributed by atoms with Crippen LogP contribution in [0.5, 0.6) is 0 Å². The summed E-state index contributed by atoms with van der Waals surface area (Å²) in [5, 5.41) is -0.201. The van der Waals surface area contributed by atoms with Gasteiger partial charge in [0.1, 0.15) is 4.90 Å². The molecule has 0 aliphatic rings. The second-order valence-corrected chi connectivity index (χ2v) is 9.61. The normalized spacial score (nSPS) is 11.5. The highest BCUT2D eigenvalue weighted by Crippen LogP contribution is 2.29. The predicted octanol–water partition coefficient (Wildman–Crippen LogP) is 4.53. The lowest BCUT2D eigenvalue weighted by atomic mass is 10.1. The number of carbonyl (C=O) groups excluding carboxylic acids is 2. The molecule has 6 nitrogen and oxygen atoms in total. The van der Waals surface area contributed by atoms with Gasteiger partial charge in [-0.15, -0.1) is 0 Å². The molecule has 0 saturated heterocycles. The summed E-state index contributed by atoms with van der Waals surface area (Å²) in [6, 6.07) is 9.19. The maximum Gasteiger partial charge on any atom is 0.340 e. The molecule has 9 heteroatoms. The van der Waals surface area contributed by atoms with Gasteiger partial charge < -0.3 is 4.74 Å². The van der Waals surface area contributed by atoms with Crippen LogP contribution < -0.4 is 4.72 Å². The molecule has 0 fully saturated rings. The van der Waals surface area contributed by atoms with Gasteiger partial charge >= 0.3 is 5.97 Å². The molecule has 0 aliphatic heterocycles. The smallest absolute Gasteiger partial charge is 0.340 e. The van der Waals surface area contributed by atoms with E-state index in [9.17, 15) is 18.0 Å². The van der Waals surface area contributed by atoms with Gasteiger partial charge in [-0.25, -0.2) is 17.9 Å². The molecule has 2 aromatic carbocycles. The van der Waals surface area contributed by atoms with Crippen molar-refractivity contribution in [3.8, 4) is 0 Å². The lowest BCUT2D eigenvalue weighted by Gasteiger charge is -2.12. The third-order valence-corrected chi connectivity index (χ3v) is 6.43. The molecule has 0 bridgehead atoms. The zero-order valence-corrected chi connectivity index (χ0v) is 19.2. The summed E-state index contributed by atoms with van der Waals surface area (Å²) in [4.78, 5) is 24.4. The van der Waals surface area contributed by atoms with E-state index in [4.69, 9.17) is 27.9 Å². The number of aryl methyl sites for hydroxylation is 1. The minimum absolute atomic E-state index is 0.0763. The summed E-state index contributed by atoms with van der Waals surface area (Å²) in [6.45, 7) is 5.40. The minimum Gasteiger partial charge on any atom is -0.454 e. The largest absolute Gasteiger partial charge is 0.454 e. The molecule has 30 heavy (non-hydrogen) atoms. The van der Waals surface area contributed by atoms with Crippen molar-refractivity contribution in [2.24, 2.45) is 5.92 Å². The summed E-state index contributed by atoms with van der Waals surface area (Å²) < 4.78 is 32.5. The fourth-order valence-corrected chi connectivity index (χ4v) is 4.53. The Bertz CT molecular complexity index is 1030. The topological polar surface area (TPSA) is 89.5 Å². The first-order chi connectivity index (χ1) is 14.0. The summed E-state index contributed by atoms with van der Waals surface area (Å²) in [5.74, 6) is -1.23. The van der Waals surface area contributed by atoms with Crippen LogP contribution in [-0.2, 0) is 21.2 Å². The second-order valence-electron chi connectivity index (χ2n) is 7.06. The van der Waals surface area contributed by atoms with Crippen LogP contribution in [0.1, 0.15) is 47.1 Å². The Labute approximate surface area is 186 Å². The molecule has 0 spiro atoms. The lowest BCUT2D eigenvalue weighted by molar-refractivity contribution is 0.0474. The highest BCUT2D eigenvalue weighted by Gasteiger charge is 2.24. The van der Waals surface area contributed by atoms with Crippen molar-refractivity contribution in [3.63, 3.8) is 0 Å². The van der Waals surface area contributed by atoms with E-state index < -0.39 is 22.6 Å². The van der Waals surface area contributed by atoms with E-state index in [0.29, 0.717) is 5.56 Å². The Kier molecular flexibility index (Phi) is 8.43. The first-order valence-corrected chi connectivity index (χ1v) is 11.6. The molecule has 0 radical (unpaired) electrons. The molecule has 1 N–H and O–H groups in total. The molecular weight excluding hydrogens is 449 g/mol. The van der Waals surface area contributed by atoms with Gasteiger partial charge in [0.15, 0.2) is 12.4 Å². The van der Waals surface area contributed by atoms with Crippen LogP contribution in [0, 0.1) is 5.92 Å². The van der Waals surface area contributed by atoms with E-state index in [1.807, 2.05) is 32.9 Å². The Hall–Kier alpha value is -1.93. The summed E-state index contributed by atoms with van der Waals surface area (Å²) >= 11 is 12.1. The Morgan fingerprint density at radius 3 is 2.27 bits per heavy atom. The van der Waals surface area contributed by atoms with E-state index in [1.165, 1.54) is 0 Å². The van der Waals surface area contributed by atoms with Crippen molar-refractivity contribution in [1.29, 1.82) is 0 Å². The minimum atomic E-state index is -3.96. The third-order valence-electron chi connectivity index (χ3n) is 4.23. The van der Waals surface area contributed by atoms with Gasteiger partial charge in [-0.1, -0.05) is 68.2 Å². The van der Waals surface area contributed by atoms with E-state index in [2.05, 4.69) is 4.72 Å². The molecule has 0 aromatic heterocycles. The Morgan fingerprint density at radius 2 is 1.70 bits per heavy atom. The second kappa shape index (κ2) is 10.4. The van der Waals surface area contributed by atoms with E-state index in [0.717, 1.165) is 24.1 Å². The zero-order valence-electron chi connectivity index (χ0n) is 16.9. The Morgan fingerprint density at radius 1 is 1.07 bits per heavy atom. The fraction of sp³-hybridized carbons (Fsp3) is 0.333. The van der Waals surface area contributed by atoms with Crippen LogP contribution in [0.2, 0.25) is 10.0 Å². The fourth-order valence-electron chi connectivity index (χ4n) is 2.46. The first kappa shape index (κ1) is 24.3. The molecule has 0 unspecified atom stereocenters. The molecular formula is C21H23Cl2NO5S. The maximum absolute atomic E-state index is 12.5. The SMILES string of the molecule is CCc1ccc(C(=O)COC(=O)c2cc(S(=O)(=O)NCC(C)C)c(Cl)cc2Cl)cc1. The number of hydrogen-bond donors (Lipinski definition) is 1. The molecule has 2 rings (SSSR count). The summed E-state index contributed by atoms with van der Waals surface area (Å²) in [6.07, 6.45) is 0.843. The number of esters is 1. The number of halogens is 2. The van der Waals surface area contributed by atoms with Gasteiger partial charge in [0.2, 0.25) is 10.0 Å². The molecule has 0 heterocycles. The van der Waals surface area contributed by atoms with Gasteiger partial charge in [-0.3, -0.25) is 4.79 Å². The highest BCUT2D eigenvalue weighted by atomic mass is 35.5. The van der Waals surface area contributed by atoms with Crippen molar-refractivity contribution < 1.29 is 22.7 Å². The monoisotopic (exact) mass is 471 g/mol. The molecule has 0 amide bonds. The quantitative estimate of drug-likeness (QED) is 0.428. The van der Waals surface area contributed by atoms with Gasteiger partial charge in [0.05, 0.1) is 15.6 Å². The van der Waals surface area contributed by atoms with Crippen molar-refractivity contribution >= 4 is 45.0 Å². The van der Waals surface area contributed by atoms with E-state index in [1.54, 1.807) is 12.1 Å². The number of sulfonamides is 1. The van der Waals surface area contributed by atoms with Crippen molar-refractivity contribution in [2.45, 2.75) is 32.1 Å². The van der Waals surface area contributed by atoms with Gasteiger partial charge in [-0.2, -0.15) is 0 Å². The van der Waals surface area contributed by atoms with Crippen LogP contribution >= 0.6 is 23.2 Å². The number of benzene rings is 2. The number of Topliss-reactive ketones (excluding diaryl/α,β-unsaturated/α-hetero) is 1. The number of ether oxygens (including phenoxy) is 1. The first-order valence-electron chi connectivity index (χ1n) is 9.33. The number of hydrogen-bond acceptors (Lipinski definition) is 5. The van der Waals surface area contributed by atoms with Gasteiger partial charge in [0, 0.05) is 12.1 Å². The third kappa shape index (κ3) is 6.28. The number of carbonyl (C=O) groups is 2. The van der Waals surface area contributed by atoms with Crippen LogP contribution in [0.4, 0.5) is 0 Å². The molecule has 2 aromatic rings. The maximum atomic E-state index is 12.5. The number of ketones is 1. The Balaban J connectivity index is 2.17. The van der Waals surface area contributed by atoms with E-state index in [-0.39, 0.29) is 38.8 Å². The van der Waals surface area contributed by atoms with Gasteiger partial charge in [0.25, 0.3) is 0 Å². The van der Waals surface area contributed by atoms with E-state index >= 15 is 0 Å². The average Bonchev–Trinajstić information content (AvgIpc) is 2.70. The number of rotatable bonds is 9. The van der Waals surface area contributed by atoms with Gasteiger partial charge in [-0.05, 0) is 30.0 Å².